The van der Waals surface area contributed by atoms with Crippen LogP contribution in [0.5, 0.6) is 0 Å². The minimum Gasteiger partial charge on any atom is -0.358 e. The van der Waals surface area contributed by atoms with Gasteiger partial charge in [0, 0.05) is 35.2 Å². The number of nitrogens with zero attached hydrogens (tertiary/aromatic N) is 1. The van der Waals surface area contributed by atoms with Crippen molar-refractivity contribution in [3.8, 4) is 0 Å². The molecule has 0 aliphatic carbocycles. The molecule has 6 nitrogen and oxygen atoms in total. The first-order valence-electron chi connectivity index (χ1n) is 9.33. The van der Waals surface area contributed by atoms with Crippen LogP contribution in [-0.2, 0) is 16.0 Å². The molecular weight excluding hydrogens is 354 g/mol. The molecular formula is C22H21N3O3. The average molecular weight is 375 g/mol. The van der Waals surface area contributed by atoms with E-state index in [0.717, 1.165) is 11.1 Å². The van der Waals surface area contributed by atoms with E-state index in [4.69, 9.17) is 0 Å². The van der Waals surface area contributed by atoms with E-state index in [2.05, 4.69) is 10.3 Å². The third-order valence-electron chi connectivity index (χ3n) is 5.16. The van der Waals surface area contributed by atoms with Crippen LogP contribution in [-0.4, -0.2) is 35.2 Å². The summed E-state index contributed by atoms with van der Waals surface area (Å²) in [7, 11) is 0. The lowest BCUT2D eigenvalue weighted by Gasteiger charge is -2.24. The molecule has 0 radical (unpaired) electrons. The summed E-state index contributed by atoms with van der Waals surface area (Å²) in [5.74, 6) is -1.55. The van der Waals surface area contributed by atoms with Crippen LogP contribution in [0.15, 0.2) is 48.5 Å². The minimum atomic E-state index is -0.723. The number of amides is 2. The summed E-state index contributed by atoms with van der Waals surface area (Å²) in [4.78, 5) is 43.6. The van der Waals surface area contributed by atoms with Crippen molar-refractivity contribution < 1.29 is 14.4 Å². The smallest absolute Gasteiger partial charge is 0.300 e. The van der Waals surface area contributed by atoms with Gasteiger partial charge < -0.3 is 10.3 Å². The fraction of sp³-hybridized carbons (Fsp3) is 0.227. The molecule has 0 unspecified atom stereocenters. The zero-order valence-electron chi connectivity index (χ0n) is 15.8. The average Bonchev–Trinajstić information content (AvgIpc) is 3.24. The summed E-state index contributed by atoms with van der Waals surface area (Å²) in [6.45, 7) is 4.07. The first-order valence-corrected chi connectivity index (χ1v) is 9.33. The quantitative estimate of drug-likeness (QED) is 0.543. The monoisotopic (exact) mass is 375 g/mol. The first-order chi connectivity index (χ1) is 13.5. The number of nitrogens with one attached hydrogen (secondary N) is 2. The zero-order chi connectivity index (χ0) is 19.8. The summed E-state index contributed by atoms with van der Waals surface area (Å²) in [5, 5.41) is 3.48. The Morgan fingerprint density at radius 1 is 1.11 bits per heavy atom. The Labute approximate surface area is 162 Å². The Kier molecular flexibility index (Phi) is 4.47. The van der Waals surface area contributed by atoms with Gasteiger partial charge >= 0.3 is 0 Å². The van der Waals surface area contributed by atoms with E-state index < -0.39 is 17.7 Å². The largest absolute Gasteiger partial charge is 0.358 e. The number of fused-ring (bicyclic) bond motifs is 2. The first kappa shape index (κ1) is 18.0. The number of aromatic amines is 1. The van der Waals surface area contributed by atoms with Crippen molar-refractivity contribution >= 4 is 34.2 Å². The number of anilines is 1. The molecule has 2 aromatic carbocycles. The van der Waals surface area contributed by atoms with Crippen LogP contribution in [0.4, 0.5) is 5.69 Å². The predicted octanol–water partition coefficient (Wildman–Crippen LogP) is 2.75. The number of ketones is 1. The lowest BCUT2D eigenvalue weighted by molar-refractivity contribution is -0.124. The number of Topliss-reactive ketones (excluding diaryl/α,β-unsaturated/α-hetero) is 1. The number of hydrogen-bond acceptors (Lipinski definition) is 3. The molecule has 3 aromatic rings. The molecule has 28 heavy (non-hydrogen) atoms. The number of aryl methyl sites for hydroxylation is 1. The van der Waals surface area contributed by atoms with E-state index in [0.29, 0.717) is 35.3 Å². The van der Waals surface area contributed by atoms with Gasteiger partial charge in [-0.3, -0.25) is 19.3 Å². The van der Waals surface area contributed by atoms with Crippen LogP contribution < -0.4 is 10.2 Å². The van der Waals surface area contributed by atoms with E-state index in [1.54, 1.807) is 19.1 Å². The second-order valence-corrected chi connectivity index (χ2v) is 6.92. The summed E-state index contributed by atoms with van der Waals surface area (Å²) in [6.07, 6.45) is 0.397. The number of carbonyl (C=O) groups excluding carboxylic acids is 3. The standard InChI is InChI=1S/C22H21N3O3/c1-3-23-21(27)18-12-14-8-4-7-11-17(14)25(18)22(28)20(26)19-13(2)24-16-10-6-5-9-15(16)19/h4-11,18,24H,3,12H2,1-2H3,(H,23,27)/t18-/m0/s1. The minimum absolute atomic E-state index is 0.254. The summed E-state index contributed by atoms with van der Waals surface area (Å²) in [5.41, 5.74) is 3.31. The number of para-hydroxylation sites is 2. The maximum atomic E-state index is 13.3. The lowest BCUT2D eigenvalue weighted by Crippen LogP contribution is -2.50. The predicted molar refractivity (Wildman–Crippen MR) is 107 cm³/mol. The molecule has 1 aromatic heterocycles. The molecule has 1 aliphatic rings. The van der Waals surface area contributed by atoms with Gasteiger partial charge in [0.15, 0.2) is 0 Å². The third-order valence-corrected chi connectivity index (χ3v) is 5.16. The van der Waals surface area contributed by atoms with Crippen LogP contribution in [0.2, 0.25) is 0 Å². The van der Waals surface area contributed by atoms with E-state index in [-0.39, 0.29) is 5.91 Å². The molecule has 1 aliphatic heterocycles. The molecule has 4 rings (SSSR count). The molecule has 0 saturated carbocycles. The summed E-state index contributed by atoms with van der Waals surface area (Å²) in [6, 6.07) is 14.0. The molecule has 1 atom stereocenters. The molecule has 2 amide bonds. The Hall–Kier alpha value is -3.41. The van der Waals surface area contributed by atoms with Gasteiger partial charge in [0.05, 0.1) is 5.56 Å². The Bertz CT molecular complexity index is 1100. The van der Waals surface area contributed by atoms with Gasteiger partial charge in [-0.15, -0.1) is 0 Å². The van der Waals surface area contributed by atoms with Gasteiger partial charge in [-0.25, -0.2) is 0 Å². The third kappa shape index (κ3) is 2.78. The van der Waals surface area contributed by atoms with Crippen molar-refractivity contribution in [2.24, 2.45) is 0 Å². The molecule has 142 valence electrons. The SMILES string of the molecule is CCNC(=O)[C@@H]1Cc2ccccc2N1C(=O)C(=O)c1c(C)[nH]c2ccccc12. The molecule has 2 N–H and O–H groups in total. The van der Waals surface area contributed by atoms with Crippen molar-refractivity contribution in [3.63, 3.8) is 0 Å². The number of carbonyl (C=O) groups is 3. The second-order valence-electron chi connectivity index (χ2n) is 6.92. The number of H-pyrrole nitrogens is 1. The summed E-state index contributed by atoms with van der Waals surface area (Å²) >= 11 is 0. The van der Waals surface area contributed by atoms with Gasteiger partial charge in [-0.1, -0.05) is 36.4 Å². The van der Waals surface area contributed by atoms with Crippen LogP contribution in [0.25, 0.3) is 10.9 Å². The van der Waals surface area contributed by atoms with Crippen LogP contribution in [0.1, 0.15) is 28.5 Å². The van der Waals surface area contributed by atoms with Gasteiger partial charge in [0.1, 0.15) is 6.04 Å². The van der Waals surface area contributed by atoms with Gasteiger partial charge in [-0.05, 0) is 31.5 Å². The highest BCUT2D eigenvalue weighted by Gasteiger charge is 2.41. The number of hydrogen-bond donors (Lipinski definition) is 2. The number of rotatable bonds is 4. The summed E-state index contributed by atoms with van der Waals surface area (Å²) < 4.78 is 0. The lowest BCUT2D eigenvalue weighted by atomic mass is 10.0. The molecule has 0 bridgehead atoms. The fourth-order valence-corrected chi connectivity index (χ4v) is 3.92. The Morgan fingerprint density at radius 3 is 2.61 bits per heavy atom. The normalized spacial score (nSPS) is 15.5. The van der Waals surface area contributed by atoms with Crippen molar-refractivity contribution in [2.45, 2.75) is 26.3 Å². The van der Waals surface area contributed by atoms with Gasteiger partial charge in [0.2, 0.25) is 5.91 Å². The van der Waals surface area contributed by atoms with E-state index in [9.17, 15) is 14.4 Å². The molecule has 0 spiro atoms. The Morgan fingerprint density at radius 2 is 1.82 bits per heavy atom. The molecule has 6 heteroatoms. The van der Waals surface area contributed by atoms with Crippen LogP contribution in [0, 0.1) is 6.92 Å². The van der Waals surface area contributed by atoms with Gasteiger partial charge in [0.25, 0.3) is 11.7 Å². The van der Waals surface area contributed by atoms with Crippen molar-refractivity contribution in [1.29, 1.82) is 0 Å². The molecule has 0 saturated heterocycles. The highest BCUT2D eigenvalue weighted by atomic mass is 16.2. The van der Waals surface area contributed by atoms with Crippen molar-refractivity contribution in [3.05, 3.63) is 65.4 Å². The fourth-order valence-electron chi connectivity index (χ4n) is 3.92. The molecule has 2 heterocycles. The maximum Gasteiger partial charge on any atom is 0.300 e. The topological polar surface area (TPSA) is 82.3 Å². The zero-order valence-corrected chi connectivity index (χ0v) is 15.8. The number of likely N-dealkylation sites (N-methyl/N-ethyl adjacent to an activating group) is 1. The van der Waals surface area contributed by atoms with Crippen molar-refractivity contribution in [1.82, 2.24) is 10.3 Å². The van der Waals surface area contributed by atoms with E-state index in [1.165, 1.54) is 4.90 Å². The number of aromatic nitrogens is 1. The van der Waals surface area contributed by atoms with Crippen LogP contribution in [0.3, 0.4) is 0 Å². The van der Waals surface area contributed by atoms with Crippen LogP contribution >= 0.6 is 0 Å². The Balaban J connectivity index is 1.76. The van der Waals surface area contributed by atoms with Crippen molar-refractivity contribution in [2.75, 3.05) is 11.4 Å². The number of benzene rings is 2. The van der Waals surface area contributed by atoms with E-state index in [1.807, 2.05) is 43.3 Å². The van der Waals surface area contributed by atoms with Gasteiger partial charge in [-0.2, -0.15) is 0 Å². The maximum absolute atomic E-state index is 13.3. The second kappa shape index (κ2) is 6.96. The molecule has 0 fully saturated rings. The highest BCUT2D eigenvalue weighted by molar-refractivity contribution is 6.50. The van der Waals surface area contributed by atoms with E-state index >= 15 is 0 Å². The highest BCUT2D eigenvalue weighted by Crippen LogP contribution is 2.33.